The number of guanidine groups is 1. The van der Waals surface area contributed by atoms with Crippen LogP contribution in [0, 0.1) is 19.3 Å². The molecule has 0 saturated heterocycles. The molecule has 2 N–H and O–H groups in total. The Kier molecular flexibility index (Phi) is 9.08. The summed E-state index contributed by atoms with van der Waals surface area (Å²) < 4.78 is 5.21. The summed E-state index contributed by atoms with van der Waals surface area (Å²) in [5.74, 6) is 1.89. The molecule has 1 fully saturated rings. The van der Waals surface area contributed by atoms with Gasteiger partial charge in [0.25, 0.3) is 0 Å². The van der Waals surface area contributed by atoms with Crippen molar-refractivity contribution in [3.05, 3.63) is 17.0 Å². The highest BCUT2D eigenvalue weighted by Gasteiger charge is 2.34. The molecule has 0 bridgehead atoms. The molecule has 1 aromatic rings. The number of rotatable bonds is 8. The summed E-state index contributed by atoms with van der Waals surface area (Å²) in [6.45, 7) is 11.1. The molecule has 5 nitrogen and oxygen atoms in total. The van der Waals surface area contributed by atoms with Crippen LogP contribution in [-0.4, -0.2) is 30.8 Å². The van der Waals surface area contributed by atoms with Gasteiger partial charge in [0.15, 0.2) is 5.96 Å². The topological polar surface area (TPSA) is 62.5 Å². The van der Waals surface area contributed by atoms with Crippen molar-refractivity contribution in [2.75, 3.05) is 19.6 Å². The van der Waals surface area contributed by atoms with Crippen molar-refractivity contribution in [3.63, 3.8) is 0 Å². The van der Waals surface area contributed by atoms with Gasteiger partial charge in [-0.2, -0.15) is 0 Å². The molecule has 1 heterocycles. The first kappa shape index (κ1) is 21.3. The molecule has 0 atom stereocenters. The van der Waals surface area contributed by atoms with E-state index in [2.05, 4.69) is 29.6 Å². The Morgan fingerprint density at radius 2 is 2.00 bits per heavy atom. The van der Waals surface area contributed by atoms with Crippen LogP contribution in [0.4, 0.5) is 0 Å². The van der Waals surface area contributed by atoms with E-state index in [1.54, 1.807) is 0 Å². The molecule has 0 spiro atoms. The first-order valence-corrected chi connectivity index (χ1v) is 9.04. The predicted octanol–water partition coefficient (Wildman–Crippen LogP) is 3.98. The molecular weight excluding hydrogens is 415 g/mol. The Labute approximate surface area is 163 Å². The Morgan fingerprint density at radius 3 is 2.50 bits per heavy atom. The zero-order chi connectivity index (χ0) is 16.7. The van der Waals surface area contributed by atoms with Crippen LogP contribution in [-0.2, 0) is 6.42 Å². The third-order valence-electron chi connectivity index (χ3n) is 5.16. The zero-order valence-electron chi connectivity index (χ0n) is 15.6. The number of aromatic nitrogens is 1. The van der Waals surface area contributed by atoms with Crippen molar-refractivity contribution in [3.8, 4) is 0 Å². The van der Waals surface area contributed by atoms with Crippen molar-refractivity contribution in [1.29, 1.82) is 0 Å². The Bertz CT molecular complexity index is 498. The molecule has 1 aliphatic rings. The Morgan fingerprint density at radius 1 is 1.25 bits per heavy atom. The second kappa shape index (κ2) is 10.3. The SMILES string of the molecule is CCNC(=NCC1(CC)CCC1)NCCCc1c(C)noc1C.I. The normalized spacial score (nSPS) is 16.2. The van der Waals surface area contributed by atoms with Gasteiger partial charge < -0.3 is 15.2 Å². The summed E-state index contributed by atoms with van der Waals surface area (Å²) in [7, 11) is 0. The fraction of sp³-hybridized carbons (Fsp3) is 0.778. The lowest BCUT2D eigenvalue weighted by Crippen LogP contribution is -2.40. The van der Waals surface area contributed by atoms with Crippen molar-refractivity contribution in [1.82, 2.24) is 15.8 Å². The quantitative estimate of drug-likeness (QED) is 0.273. The highest BCUT2D eigenvalue weighted by atomic mass is 127. The van der Waals surface area contributed by atoms with Crippen molar-refractivity contribution >= 4 is 29.9 Å². The Balaban J connectivity index is 0.00000288. The van der Waals surface area contributed by atoms with E-state index >= 15 is 0 Å². The summed E-state index contributed by atoms with van der Waals surface area (Å²) in [6, 6.07) is 0. The van der Waals surface area contributed by atoms with Crippen LogP contribution in [0.25, 0.3) is 0 Å². The molecule has 0 radical (unpaired) electrons. The van der Waals surface area contributed by atoms with Gasteiger partial charge in [-0.25, -0.2) is 0 Å². The lowest BCUT2D eigenvalue weighted by Gasteiger charge is -2.40. The molecule has 0 unspecified atom stereocenters. The van der Waals surface area contributed by atoms with E-state index in [-0.39, 0.29) is 24.0 Å². The maximum atomic E-state index is 5.21. The average Bonchev–Trinajstić information content (AvgIpc) is 2.82. The standard InChI is InChI=1S/C18H32N4O.HI/c1-5-18(10-8-11-18)13-21-17(19-6-2)20-12-7-9-16-14(3)22-23-15(16)4;/h5-13H2,1-4H3,(H2,19,20,21);1H. The maximum Gasteiger partial charge on any atom is 0.191 e. The van der Waals surface area contributed by atoms with Gasteiger partial charge in [0.05, 0.1) is 5.69 Å². The van der Waals surface area contributed by atoms with Gasteiger partial charge in [-0.15, -0.1) is 24.0 Å². The number of nitrogens with zero attached hydrogens (tertiary/aromatic N) is 2. The fourth-order valence-corrected chi connectivity index (χ4v) is 3.22. The average molecular weight is 448 g/mol. The minimum Gasteiger partial charge on any atom is -0.361 e. The molecule has 138 valence electrons. The third kappa shape index (κ3) is 5.63. The first-order valence-electron chi connectivity index (χ1n) is 9.04. The molecule has 0 amide bonds. The highest BCUT2D eigenvalue weighted by Crippen LogP contribution is 2.43. The van der Waals surface area contributed by atoms with E-state index in [1.165, 1.54) is 31.2 Å². The van der Waals surface area contributed by atoms with Crippen molar-refractivity contribution in [2.45, 2.75) is 66.2 Å². The largest absolute Gasteiger partial charge is 0.361 e. The van der Waals surface area contributed by atoms with E-state index in [4.69, 9.17) is 9.52 Å². The van der Waals surface area contributed by atoms with Crippen LogP contribution in [0.2, 0.25) is 0 Å². The van der Waals surface area contributed by atoms with Crippen LogP contribution >= 0.6 is 24.0 Å². The smallest absolute Gasteiger partial charge is 0.191 e. The van der Waals surface area contributed by atoms with Crippen LogP contribution < -0.4 is 10.6 Å². The molecule has 1 aliphatic carbocycles. The van der Waals surface area contributed by atoms with E-state index in [0.29, 0.717) is 5.41 Å². The van der Waals surface area contributed by atoms with Gasteiger partial charge in [0.1, 0.15) is 5.76 Å². The number of hydrogen-bond donors (Lipinski definition) is 2. The summed E-state index contributed by atoms with van der Waals surface area (Å²) in [5, 5.41) is 10.8. The van der Waals surface area contributed by atoms with Crippen LogP contribution in [0.5, 0.6) is 0 Å². The summed E-state index contributed by atoms with van der Waals surface area (Å²) in [5.41, 5.74) is 2.73. The fourth-order valence-electron chi connectivity index (χ4n) is 3.22. The second-order valence-electron chi connectivity index (χ2n) is 6.74. The van der Waals surface area contributed by atoms with Gasteiger partial charge in [-0.1, -0.05) is 18.5 Å². The number of nitrogens with one attached hydrogen (secondary N) is 2. The molecular formula is C18H33IN4O. The van der Waals surface area contributed by atoms with E-state index in [1.807, 2.05) is 13.8 Å². The number of halogens is 1. The third-order valence-corrected chi connectivity index (χ3v) is 5.16. The van der Waals surface area contributed by atoms with Gasteiger partial charge in [-0.05, 0) is 58.3 Å². The molecule has 2 rings (SSSR count). The number of aliphatic imine (C=N–C) groups is 1. The zero-order valence-corrected chi connectivity index (χ0v) is 17.9. The minimum atomic E-state index is 0. The van der Waals surface area contributed by atoms with Crippen LogP contribution in [0.15, 0.2) is 9.52 Å². The predicted molar refractivity (Wildman–Crippen MR) is 110 cm³/mol. The molecule has 1 saturated carbocycles. The summed E-state index contributed by atoms with van der Waals surface area (Å²) in [6.07, 6.45) is 7.31. The Hall–Kier alpha value is -0.790. The van der Waals surface area contributed by atoms with Crippen molar-refractivity contribution in [2.24, 2.45) is 10.4 Å². The van der Waals surface area contributed by atoms with E-state index in [9.17, 15) is 0 Å². The van der Waals surface area contributed by atoms with Crippen molar-refractivity contribution < 1.29 is 4.52 Å². The molecule has 0 aromatic carbocycles. The van der Waals surface area contributed by atoms with Gasteiger partial charge >= 0.3 is 0 Å². The van der Waals surface area contributed by atoms with Crippen LogP contribution in [0.3, 0.4) is 0 Å². The highest BCUT2D eigenvalue weighted by molar-refractivity contribution is 14.0. The summed E-state index contributed by atoms with van der Waals surface area (Å²) >= 11 is 0. The lowest BCUT2D eigenvalue weighted by atomic mass is 9.67. The maximum absolute atomic E-state index is 5.21. The van der Waals surface area contributed by atoms with E-state index in [0.717, 1.165) is 49.9 Å². The molecule has 6 heteroatoms. The van der Waals surface area contributed by atoms with Gasteiger partial charge in [0, 0.05) is 25.2 Å². The first-order chi connectivity index (χ1) is 11.1. The van der Waals surface area contributed by atoms with Crippen LogP contribution in [0.1, 0.15) is 63.0 Å². The molecule has 24 heavy (non-hydrogen) atoms. The minimum absolute atomic E-state index is 0. The van der Waals surface area contributed by atoms with Gasteiger partial charge in [0.2, 0.25) is 0 Å². The van der Waals surface area contributed by atoms with E-state index < -0.39 is 0 Å². The monoisotopic (exact) mass is 448 g/mol. The number of hydrogen-bond acceptors (Lipinski definition) is 3. The second-order valence-corrected chi connectivity index (χ2v) is 6.74. The number of aryl methyl sites for hydroxylation is 2. The summed E-state index contributed by atoms with van der Waals surface area (Å²) in [4.78, 5) is 4.81. The molecule has 1 aromatic heterocycles. The lowest BCUT2D eigenvalue weighted by molar-refractivity contribution is 0.139. The molecule has 0 aliphatic heterocycles. The van der Waals surface area contributed by atoms with Gasteiger partial charge in [-0.3, -0.25) is 4.99 Å².